The van der Waals surface area contributed by atoms with E-state index in [-0.39, 0.29) is 36.6 Å². The molecule has 2 aliphatic rings. The predicted molar refractivity (Wildman–Crippen MR) is 106 cm³/mol. The van der Waals surface area contributed by atoms with E-state index in [9.17, 15) is 4.79 Å². The first-order chi connectivity index (χ1) is 11.2. The zero-order chi connectivity index (χ0) is 16.2. The molecule has 5 nitrogen and oxygen atoms in total. The van der Waals surface area contributed by atoms with Gasteiger partial charge in [-0.2, -0.15) is 0 Å². The number of amides is 1. The van der Waals surface area contributed by atoms with Gasteiger partial charge < -0.3 is 20.3 Å². The molecule has 2 heterocycles. The van der Waals surface area contributed by atoms with Crippen molar-refractivity contribution in [2.45, 2.75) is 25.8 Å². The summed E-state index contributed by atoms with van der Waals surface area (Å²) < 4.78 is 5.45. The second-order valence-electron chi connectivity index (χ2n) is 6.65. The van der Waals surface area contributed by atoms with Gasteiger partial charge in [0.1, 0.15) is 5.75 Å². The van der Waals surface area contributed by atoms with E-state index >= 15 is 0 Å². The summed E-state index contributed by atoms with van der Waals surface area (Å²) in [5.41, 5.74) is 1.15. The van der Waals surface area contributed by atoms with Crippen molar-refractivity contribution < 1.29 is 9.53 Å². The second kappa shape index (κ2) is 10.1. The number of nitrogens with one attached hydrogen (secondary N) is 2. The summed E-state index contributed by atoms with van der Waals surface area (Å²) in [6.45, 7) is 5.89. The molecule has 1 aromatic carbocycles. The van der Waals surface area contributed by atoms with Crippen molar-refractivity contribution in [1.29, 1.82) is 0 Å². The number of benzene rings is 1. The van der Waals surface area contributed by atoms with Gasteiger partial charge in [-0.25, -0.2) is 0 Å². The third kappa shape index (κ3) is 5.16. The Balaban J connectivity index is 0.00000156. The number of carbonyl (C=O) groups excluding carboxylic acids is 1. The number of piperidine rings is 1. The standard InChI is InChI=1S/C18H27N3O2.2ClH/c1-13(14-11-19-12-14)18(22)20-15-7-9-21(10-8-15)16-5-3-4-6-17(16)23-2;;/h3-6,13-15,19H,7-12H2,1-2H3,(H,20,22);2*1H. The summed E-state index contributed by atoms with van der Waals surface area (Å²) >= 11 is 0. The quantitative estimate of drug-likeness (QED) is 0.811. The average molecular weight is 390 g/mol. The van der Waals surface area contributed by atoms with E-state index in [0.717, 1.165) is 50.5 Å². The molecule has 1 aromatic rings. The van der Waals surface area contributed by atoms with Gasteiger partial charge in [0.2, 0.25) is 5.91 Å². The number of methoxy groups -OCH3 is 1. The largest absolute Gasteiger partial charge is 0.495 e. The molecule has 2 aliphatic heterocycles. The maximum Gasteiger partial charge on any atom is 0.223 e. The zero-order valence-electron chi connectivity index (χ0n) is 14.9. The molecule has 0 bridgehead atoms. The normalized spacial score (nSPS) is 19.0. The van der Waals surface area contributed by atoms with Gasteiger partial charge in [0, 0.05) is 25.0 Å². The molecule has 0 saturated carbocycles. The van der Waals surface area contributed by atoms with Crippen LogP contribution < -0.4 is 20.3 Å². The van der Waals surface area contributed by atoms with Crippen LogP contribution in [0.15, 0.2) is 24.3 Å². The highest BCUT2D eigenvalue weighted by atomic mass is 35.5. The Bertz CT molecular complexity index is 547. The van der Waals surface area contributed by atoms with E-state index in [1.165, 1.54) is 0 Å². The minimum absolute atomic E-state index is 0. The first-order valence-corrected chi connectivity index (χ1v) is 8.58. The van der Waals surface area contributed by atoms with E-state index < -0.39 is 0 Å². The number of hydrogen-bond donors (Lipinski definition) is 2. The number of anilines is 1. The Labute approximate surface area is 162 Å². The van der Waals surface area contributed by atoms with Crippen LogP contribution in [0.2, 0.25) is 0 Å². The summed E-state index contributed by atoms with van der Waals surface area (Å²) in [5, 5.41) is 6.48. The smallest absolute Gasteiger partial charge is 0.223 e. The fraction of sp³-hybridized carbons (Fsp3) is 0.611. The molecule has 0 aliphatic carbocycles. The van der Waals surface area contributed by atoms with E-state index in [1.54, 1.807) is 7.11 Å². The molecular weight excluding hydrogens is 361 g/mol. The Morgan fingerprint density at radius 3 is 2.44 bits per heavy atom. The van der Waals surface area contributed by atoms with Gasteiger partial charge in [0.05, 0.1) is 12.8 Å². The van der Waals surface area contributed by atoms with Crippen molar-refractivity contribution >= 4 is 36.4 Å². The Kier molecular flexibility index (Phi) is 8.83. The zero-order valence-corrected chi connectivity index (χ0v) is 16.5. The van der Waals surface area contributed by atoms with Gasteiger partial charge in [0.25, 0.3) is 0 Å². The van der Waals surface area contributed by atoms with E-state index in [2.05, 4.69) is 21.6 Å². The van der Waals surface area contributed by atoms with Crippen LogP contribution in [0.1, 0.15) is 19.8 Å². The highest BCUT2D eigenvalue weighted by molar-refractivity contribution is 5.85. The summed E-state index contributed by atoms with van der Waals surface area (Å²) in [5.74, 6) is 1.75. The summed E-state index contributed by atoms with van der Waals surface area (Å²) in [6, 6.07) is 8.43. The molecule has 0 aromatic heterocycles. The Morgan fingerprint density at radius 2 is 1.88 bits per heavy atom. The van der Waals surface area contributed by atoms with Crippen molar-refractivity contribution in [1.82, 2.24) is 10.6 Å². The van der Waals surface area contributed by atoms with Crippen molar-refractivity contribution in [3.8, 4) is 5.75 Å². The van der Waals surface area contributed by atoms with Crippen molar-refractivity contribution in [2.24, 2.45) is 11.8 Å². The van der Waals surface area contributed by atoms with Crippen molar-refractivity contribution in [3.63, 3.8) is 0 Å². The molecule has 7 heteroatoms. The second-order valence-corrected chi connectivity index (χ2v) is 6.65. The monoisotopic (exact) mass is 389 g/mol. The van der Waals surface area contributed by atoms with Crippen LogP contribution in [-0.2, 0) is 4.79 Å². The average Bonchev–Trinajstić information content (AvgIpc) is 2.54. The highest BCUT2D eigenvalue weighted by Crippen LogP contribution is 2.30. The van der Waals surface area contributed by atoms with Crippen LogP contribution in [0.5, 0.6) is 5.75 Å². The van der Waals surface area contributed by atoms with Crippen molar-refractivity contribution in [3.05, 3.63) is 24.3 Å². The molecule has 142 valence electrons. The van der Waals surface area contributed by atoms with Crippen LogP contribution in [0, 0.1) is 11.8 Å². The Morgan fingerprint density at radius 1 is 1.24 bits per heavy atom. The van der Waals surface area contributed by atoms with E-state index in [0.29, 0.717) is 12.0 Å². The lowest BCUT2D eigenvalue weighted by molar-refractivity contribution is -0.127. The molecule has 0 spiro atoms. The number of ether oxygens (including phenoxy) is 1. The van der Waals surface area contributed by atoms with Crippen LogP contribution in [0.3, 0.4) is 0 Å². The van der Waals surface area contributed by atoms with Gasteiger partial charge >= 0.3 is 0 Å². The minimum Gasteiger partial charge on any atom is -0.495 e. The maximum absolute atomic E-state index is 12.3. The molecule has 3 rings (SSSR count). The molecular formula is C18H29Cl2N3O2. The molecule has 2 N–H and O–H groups in total. The predicted octanol–water partition coefficient (Wildman–Crippen LogP) is 2.48. The lowest BCUT2D eigenvalue weighted by atomic mass is 9.88. The SMILES string of the molecule is COc1ccccc1N1CCC(NC(=O)C(C)C2CNC2)CC1.Cl.Cl. The van der Waals surface area contributed by atoms with Crippen LogP contribution in [-0.4, -0.2) is 45.2 Å². The van der Waals surface area contributed by atoms with Gasteiger partial charge in [-0.1, -0.05) is 19.1 Å². The third-order valence-electron chi connectivity index (χ3n) is 5.20. The highest BCUT2D eigenvalue weighted by Gasteiger charge is 2.30. The van der Waals surface area contributed by atoms with Gasteiger partial charge in [0.15, 0.2) is 0 Å². The molecule has 1 unspecified atom stereocenters. The fourth-order valence-electron chi connectivity index (χ4n) is 3.37. The van der Waals surface area contributed by atoms with E-state index in [1.807, 2.05) is 25.1 Å². The number of halogens is 2. The summed E-state index contributed by atoms with van der Waals surface area (Å²) in [7, 11) is 1.71. The first-order valence-electron chi connectivity index (χ1n) is 8.58. The van der Waals surface area contributed by atoms with Crippen LogP contribution in [0.4, 0.5) is 5.69 Å². The molecule has 1 amide bonds. The first kappa shape index (κ1) is 21.9. The van der Waals surface area contributed by atoms with E-state index in [4.69, 9.17) is 4.74 Å². The number of nitrogens with zero attached hydrogens (tertiary/aromatic N) is 1. The lowest BCUT2D eigenvalue weighted by Crippen LogP contribution is -2.52. The Hall–Kier alpha value is -1.17. The number of hydrogen-bond acceptors (Lipinski definition) is 4. The molecule has 1 atom stereocenters. The molecule has 0 radical (unpaired) electrons. The number of carbonyl (C=O) groups is 1. The fourth-order valence-corrected chi connectivity index (χ4v) is 3.37. The lowest BCUT2D eigenvalue weighted by Gasteiger charge is -2.36. The van der Waals surface area contributed by atoms with Gasteiger partial charge in [-0.15, -0.1) is 24.8 Å². The van der Waals surface area contributed by atoms with Crippen LogP contribution >= 0.6 is 24.8 Å². The van der Waals surface area contributed by atoms with Gasteiger partial charge in [-0.3, -0.25) is 4.79 Å². The third-order valence-corrected chi connectivity index (χ3v) is 5.20. The van der Waals surface area contributed by atoms with Gasteiger partial charge in [-0.05, 0) is 44.0 Å². The topological polar surface area (TPSA) is 53.6 Å². The molecule has 2 saturated heterocycles. The maximum atomic E-state index is 12.3. The summed E-state index contributed by atoms with van der Waals surface area (Å²) in [6.07, 6.45) is 1.97. The molecule has 25 heavy (non-hydrogen) atoms. The van der Waals surface area contributed by atoms with Crippen LogP contribution in [0.25, 0.3) is 0 Å². The number of rotatable bonds is 5. The minimum atomic E-state index is 0. The summed E-state index contributed by atoms with van der Waals surface area (Å²) in [4.78, 5) is 14.7. The number of para-hydroxylation sites is 2. The van der Waals surface area contributed by atoms with Crippen molar-refractivity contribution in [2.75, 3.05) is 38.2 Å². The molecule has 2 fully saturated rings.